The minimum atomic E-state index is -0.140. The van der Waals surface area contributed by atoms with Crippen molar-refractivity contribution in [2.24, 2.45) is 5.92 Å². The van der Waals surface area contributed by atoms with E-state index in [1.807, 2.05) is 36.4 Å². The molecule has 1 aliphatic rings. The van der Waals surface area contributed by atoms with Crippen molar-refractivity contribution in [2.45, 2.75) is 19.8 Å². The lowest BCUT2D eigenvalue weighted by molar-refractivity contribution is -0.120. The van der Waals surface area contributed by atoms with Crippen LogP contribution in [0.3, 0.4) is 0 Å². The Kier molecular flexibility index (Phi) is 6.28. The summed E-state index contributed by atoms with van der Waals surface area (Å²) in [5.74, 6) is 0.606. The maximum Gasteiger partial charge on any atom is 0.229 e. The number of hydrogen-bond donors (Lipinski definition) is 1. The number of anilines is 2. The van der Waals surface area contributed by atoms with E-state index in [0.29, 0.717) is 22.8 Å². The lowest BCUT2D eigenvalue weighted by Crippen LogP contribution is -2.41. The van der Waals surface area contributed by atoms with Crippen LogP contribution in [-0.2, 0) is 4.79 Å². The van der Waals surface area contributed by atoms with Gasteiger partial charge in [-0.05, 0) is 68.3 Å². The van der Waals surface area contributed by atoms with Gasteiger partial charge in [0, 0.05) is 34.9 Å². The Balaban J connectivity index is 1.40. The molecule has 31 heavy (non-hydrogen) atoms. The van der Waals surface area contributed by atoms with Crippen LogP contribution in [0.4, 0.5) is 11.5 Å². The predicted molar refractivity (Wildman–Crippen MR) is 122 cm³/mol. The number of ketones is 1. The molecular formula is C24H23ClN4O2. The molecule has 7 heteroatoms. The molecular weight excluding hydrogens is 412 g/mol. The van der Waals surface area contributed by atoms with Crippen molar-refractivity contribution in [3.05, 3.63) is 71.2 Å². The SMILES string of the molecule is CC(=O)c1ccc(NC(=O)C2CCCN(c3ccc(-c4ccc(Cl)cc4)nn3)C2)cc1. The van der Waals surface area contributed by atoms with E-state index in [-0.39, 0.29) is 17.6 Å². The van der Waals surface area contributed by atoms with Gasteiger partial charge in [-0.15, -0.1) is 10.2 Å². The monoisotopic (exact) mass is 434 g/mol. The van der Waals surface area contributed by atoms with E-state index in [9.17, 15) is 9.59 Å². The third kappa shape index (κ3) is 5.09. The molecule has 1 fully saturated rings. The molecule has 1 unspecified atom stereocenters. The highest BCUT2D eigenvalue weighted by Gasteiger charge is 2.27. The Morgan fingerprint density at radius 2 is 1.74 bits per heavy atom. The molecule has 2 heterocycles. The highest BCUT2D eigenvalue weighted by atomic mass is 35.5. The summed E-state index contributed by atoms with van der Waals surface area (Å²) in [6, 6.07) is 18.3. The molecule has 6 nitrogen and oxygen atoms in total. The summed E-state index contributed by atoms with van der Waals surface area (Å²) in [6.45, 7) is 2.95. The van der Waals surface area contributed by atoms with Crippen molar-refractivity contribution < 1.29 is 9.59 Å². The van der Waals surface area contributed by atoms with Gasteiger partial charge in [0.15, 0.2) is 11.6 Å². The van der Waals surface area contributed by atoms with Gasteiger partial charge in [0.05, 0.1) is 11.6 Å². The zero-order chi connectivity index (χ0) is 21.8. The van der Waals surface area contributed by atoms with Gasteiger partial charge in [0.1, 0.15) is 0 Å². The number of aromatic nitrogens is 2. The van der Waals surface area contributed by atoms with Gasteiger partial charge in [0.25, 0.3) is 0 Å². The van der Waals surface area contributed by atoms with Crippen molar-refractivity contribution in [3.8, 4) is 11.3 Å². The van der Waals surface area contributed by atoms with Gasteiger partial charge in [-0.25, -0.2) is 0 Å². The Morgan fingerprint density at radius 3 is 2.39 bits per heavy atom. The molecule has 158 valence electrons. The molecule has 3 aromatic rings. The van der Waals surface area contributed by atoms with Crippen LogP contribution in [0, 0.1) is 5.92 Å². The number of nitrogens with one attached hydrogen (secondary N) is 1. The van der Waals surface area contributed by atoms with Crippen LogP contribution >= 0.6 is 11.6 Å². The predicted octanol–water partition coefficient (Wildman–Crippen LogP) is 4.85. The zero-order valence-corrected chi connectivity index (χ0v) is 18.0. The lowest BCUT2D eigenvalue weighted by atomic mass is 9.97. The fourth-order valence-corrected chi connectivity index (χ4v) is 3.83. The van der Waals surface area contributed by atoms with Crippen LogP contribution < -0.4 is 10.2 Å². The number of Topliss-reactive ketones (excluding diaryl/α,β-unsaturated/α-hetero) is 1. The summed E-state index contributed by atoms with van der Waals surface area (Å²) in [6.07, 6.45) is 1.73. The normalized spacial score (nSPS) is 16.1. The fraction of sp³-hybridized carbons (Fsp3) is 0.250. The van der Waals surface area contributed by atoms with E-state index in [2.05, 4.69) is 20.4 Å². The molecule has 2 aromatic carbocycles. The van der Waals surface area contributed by atoms with Crippen molar-refractivity contribution in [2.75, 3.05) is 23.3 Å². The van der Waals surface area contributed by atoms with Crippen molar-refractivity contribution in [1.29, 1.82) is 0 Å². The van der Waals surface area contributed by atoms with Crippen LogP contribution in [0.2, 0.25) is 5.02 Å². The quantitative estimate of drug-likeness (QED) is 0.580. The molecule has 1 aromatic heterocycles. The first-order chi connectivity index (χ1) is 15.0. The standard InChI is InChI=1S/C24H23ClN4O2/c1-16(30)17-6-10-21(11-7-17)26-24(31)19-3-2-14-29(15-19)23-13-12-22(27-28-23)18-4-8-20(25)9-5-18/h4-13,19H,2-3,14-15H2,1H3,(H,26,31). The molecule has 1 amide bonds. The molecule has 1 saturated heterocycles. The van der Waals surface area contributed by atoms with Crippen molar-refractivity contribution in [3.63, 3.8) is 0 Å². The minimum absolute atomic E-state index is 0.00369. The fourth-order valence-electron chi connectivity index (χ4n) is 3.70. The van der Waals surface area contributed by atoms with Gasteiger partial charge in [0.2, 0.25) is 5.91 Å². The van der Waals surface area contributed by atoms with E-state index in [1.54, 1.807) is 24.3 Å². The maximum atomic E-state index is 12.8. The van der Waals surface area contributed by atoms with E-state index in [4.69, 9.17) is 11.6 Å². The Labute approximate surface area is 186 Å². The summed E-state index contributed by atoms with van der Waals surface area (Å²) in [5.41, 5.74) is 3.05. The number of hydrogen-bond acceptors (Lipinski definition) is 5. The average molecular weight is 435 g/mol. The number of benzene rings is 2. The van der Waals surface area contributed by atoms with E-state index in [0.717, 1.165) is 36.5 Å². The number of nitrogens with zero attached hydrogens (tertiary/aromatic N) is 3. The van der Waals surface area contributed by atoms with Crippen molar-refractivity contribution >= 4 is 34.8 Å². The molecule has 4 rings (SSSR count). The largest absolute Gasteiger partial charge is 0.354 e. The van der Waals surface area contributed by atoms with E-state index < -0.39 is 0 Å². The molecule has 0 spiro atoms. The molecule has 0 bridgehead atoms. The Morgan fingerprint density at radius 1 is 1.00 bits per heavy atom. The van der Waals surface area contributed by atoms with E-state index in [1.165, 1.54) is 6.92 Å². The maximum absolute atomic E-state index is 12.8. The molecule has 0 aliphatic carbocycles. The third-order valence-electron chi connectivity index (χ3n) is 5.47. The van der Waals surface area contributed by atoms with Gasteiger partial charge in [-0.3, -0.25) is 9.59 Å². The minimum Gasteiger partial charge on any atom is -0.354 e. The number of carbonyl (C=O) groups is 2. The van der Waals surface area contributed by atoms with Gasteiger partial charge in [-0.2, -0.15) is 0 Å². The zero-order valence-electron chi connectivity index (χ0n) is 17.2. The van der Waals surface area contributed by atoms with Crippen LogP contribution in [0.15, 0.2) is 60.7 Å². The van der Waals surface area contributed by atoms with Crippen LogP contribution in [0.1, 0.15) is 30.1 Å². The van der Waals surface area contributed by atoms with Gasteiger partial charge in [-0.1, -0.05) is 23.7 Å². The first kappa shape index (κ1) is 21.0. The number of rotatable bonds is 5. The molecule has 0 saturated carbocycles. The Bertz CT molecular complexity index is 1070. The molecule has 1 N–H and O–H groups in total. The Hall–Kier alpha value is -3.25. The van der Waals surface area contributed by atoms with Crippen LogP contribution in [-0.4, -0.2) is 35.0 Å². The van der Waals surface area contributed by atoms with Crippen LogP contribution in [0.5, 0.6) is 0 Å². The summed E-state index contributed by atoms with van der Waals surface area (Å²) in [5, 5.41) is 12.4. The lowest BCUT2D eigenvalue weighted by Gasteiger charge is -2.32. The number of amides is 1. The smallest absolute Gasteiger partial charge is 0.229 e. The summed E-state index contributed by atoms with van der Waals surface area (Å²) in [4.78, 5) is 26.3. The third-order valence-corrected chi connectivity index (χ3v) is 5.72. The molecule has 0 radical (unpaired) electrons. The highest BCUT2D eigenvalue weighted by Crippen LogP contribution is 2.25. The number of halogens is 1. The topological polar surface area (TPSA) is 75.2 Å². The summed E-state index contributed by atoms with van der Waals surface area (Å²) >= 11 is 5.95. The molecule has 1 atom stereocenters. The van der Waals surface area contributed by atoms with Gasteiger partial charge < -0.3 is 10.2 Å². The van der Waals surface area contributed by atoms with Crippen molar-refractivity contribution in [1.82, 2.24) is 10.2 Å². The van der Waals surface area contributed by atoms with Crippen LogP contribution in [0.25, 0.3) is 11.3 Å². The van der Waals surface area contributed by atoms with Gasteiger partial charge >= 0.3 is 0 Å². The average Bonchev–Trinajstić information content (AvgIpc) is 2.80. The second kappa shape index (κ2) is 9.27. The number of piperidine rings is 1. The van der Waals surface area contributed by atoms with E-state index >= 15 is 0 Å². The first-order valence-corrected chi connectivity index (χ1v) is 10.6. The second-order valence-electron chi connectivity index (χ2n) is 7.69. The summed E-state index contributed by atoms with van der Waals surface area (Å²) < 4.78 is 0. The molecule has 1 aliphatic heterocycles. The first-order valence-electron chi connectivity index (χ1n) is 10.3. The second-order valence-corrected chi connectivity index (χ2v) is 8.13. The summed E-state index contributed by atoms with van der Waals surface area (Å²) in [7, 11) is 0. The number of carbonyl (C=O) groups excluding carboxylic acids is 2. The highest BCUT2D eigenvalue weighted by molar-refractivity contribution is 6.30.